The van der Waals surface area contributed by atoms with E-state index in [2.05, 4.69) is 25.6 Å². The third-order valence-electron chi connectivity index (χ3n) is 2.00. The molecule has 17 heavy (non-hydrogen) atoms. The van der Waals surface area contributed by atoms with Crippen LogP contribution in [0.1, 0.15) is 19.8 Å². The third-order valence-corrected chi connectivity index (χ3v) is 2.17. The van der Waals surface area contributed by atoms with E-state index in [0.29, 0.717) is 11.9 Å². The molecule has 0 fully saturated rings. The molecular formula is C10H18ClN5O. The molecule has 0 unspecified atom stereocenters. The number of aromatic nitrogens is 3. The molecule has 0 aromatic carbocycles. The minimum absolute atomic E-state index is 0.190. The second-order valence-corrected chi connectivity index (χ2v) is 3.75. The summed E-state index contributed by atoms with van der Waals surface area (Å²) in [6.07, 6.45) is 2.00. The van der Waals surface area contributed by atoms with Crippen LogP contribution in [0.3, 0.4) is 0 Å². The normalized spacial score (nSPS) is 10.3. The number of methoxy groups -OCH3 is 1. The van der Waals surface area contributed by atoms with Crippen molar-refractivity contribution in [3.8, 4) is 0 Å². The monoisotopic (exact) mass is 259 g/mol. The Balaban J connectivity index is 2.41. The fraction of sp³-hybridized carbons (Fsp3) is 0.700. The molecule has 0 aliphatic rings. The maximum Gasteiger partial charge on any atom is 0.228 e. The predicted molar refractivity (Wildman–Crippen MR) is 68.6 cm³/mol. The maximum absolute atomic E-state index is 5.79. The highest BCUT2D eigenvalue weighted by molar-refractivity contribution is 6.28. The van der Waals surface area contributed by atoms with Crippen molar-refractivity contribution in [1.82, 2.24) is 15.0 Å². The fourth-order valence-electron chi connectivity index (χ4n) is 1.24. The molecule has 6 nitrogen and oxygen atoms in total. The molecule has 7 heteroatoms. The summed E-state index contributed by atoms with van der Waals surface area (Å²) in [6, 6.07) is 0. The maximum atomic E-state index is 5.79. The Morgan fingerprint density at radius 2 is 1.82 bits per heavy atom. The van der Waals surface area contributed by atoms with Crippen molar-refractivity contribution in [3.05, 3.63) is 5.28 Å². The number of ether oxygens (including phenoxy) is 1. The molecule has 0 saturated heterocycles. The first-order valence-electron chi connectivity index (χ1n) is 5.64. The standard InChI is InChI=1S/C10H18ClN5O/c1-3-12-9-14-8(11)15-10(16-9)13-6-4-5-7-17-2/h3-7H2,1-2H3,(H2,12,13,14,15,16). The Bertz CT molecular complexity index is 336. The van der Waals surface area contributed by atoms with Gasteiger partial charge in [0.1, 0.15) is 0 Å². The third kappa shape index (κ3) is 5.65. The second kappa shape index (κ2) is 8.03. The summed E-state index contributed by atoms with van der Waals surface area (Å²) in [7, 11) is 1.70. The molecule has 2 N–H and O–H groups in total. The summed E-state index contributed by atoms with van der Waals surface area (Å²) in [5.41, 5.74) is 0. The minimum atomic E-state index is 0.190. The van der Waals surface area contributed by atoms with Crippen LogP contribution in [-0.4, -0.2) is 41.8 Å². The van der Waals surface area contributed by atoms with Crippen LogP contribution in [0.25, 0.3) is 0 Å². The number of nitrogens with zero attached hydrogens (tertiary/aromatic N) is 3. The summed E-state index contributed by atoms with van der Waals surface area (Å²) in [5.74, 6) is 0.991. The molecule has 0 saturated carbocycles. The number of unbranched alkanes of at least 4 members (excludes halogenated alkanes) is 1. The van der Waals surface area contributed by atoms with E-state index in [1.807, 2.05) is 6.92 Å². The van der Waals surface area contributed by atoms with Gasteiger partial charge in [0, 0.05) is 26.8 Å². The van der Waals surface area contributed by atoms with Crippen molar-refractivity contribution in [2.45, 2.75) is 19.8 Å². The summed E-state index contributed by atoms with van der Waals surface area (Å²) in [4.78, 5) is 12.1. The molecule has 0 spiro atoms. The molecule has 0 amide bonds. The van der Waals surface area contributed by atoms with Gasteiger partial charge in [-0.25, -0.2) is 0 Å². The lowest BCUT2D eigenvalue weighted by molar-refractivity contribution is 0.193. The lowest BCUT2D eigenvalue weighted by Crippen LogP contribution is -2.10. The molecule has 0 aliphatic heterocycles. The number of rotatable bonds is 8. The quantitative estimate of drug-likeness (QED) is 0.694. The molecule has 0 atom stereocenters. The smallest absolute Gasteiger partial charge is 0.228 e. The van der Waals surface area contributed by atoms with Gasteiger partial charge in [0.25, 0.3) is 0 Å². The van der Waals surface area contributed by atoms with E-state index >= 15 is 0 Å². The molecule has 0 aliphatic carbocycles. The van der Waals surface area contributed by atoms with Crippen LogP contribution in [0, 0.1) is 0 Å². The minimum Gasteiger partial charge on any atom is -0.385 e. The number of anilines is 2. The van der Waals surface area contributed by atoms with Gasteiger partial charge in [-0.15, -0.1) is 0 Å². The van der Waals surface area contributed by atoms with Gasteiger partial charge in [0.15, 0.2) is 0 Å². The summed E-state index contributed by atoms with van der Waals surface area (Å²) in [5, 5.41) is 6.28. The van der Waals surface area contributed by atoms with Gasteiger partial charge in [0.2, 0.25) is 17.2 Å². The van der Waals surface area contributed by atoms with Crippen LogP contribution in [0.4, 0.5) is 11.9 Å². The average molecular weight is 260 g/mol. The number of hydrogen-bond donors (Lipinski definition) is 2. The van der Waals surface area contributed by atoms with Crippen LogP contribution >= 0.6 is 11.6 Å². The Labute approximate surface area is 106 Å². The van der Waals surface area contributed by atoms with Crippen molar-refractivity contribution < 1.29 is 4.74 Å². The van der Waals surface area contributed by atoms with Gasteiger partial charge in [-0.1, -0.05) is 0 Å². The largest absolute Gasteiger partial charge is 0.385 e. The van der Waals surface area contributed by atoms with Gasteiger partial charge < -0.3 is 15.4 Å². The predicted octanol–water partition coefficient (Wildman–Crippen LogP) is 1.80. The molecule has 1 rings (SSSR count). The fourth-order valence-corrected chi connectivity index (χ4v) is 1.40. The molecule has 1 aromatic heterocycles. The van der Waals surface area contributed by atoms with Gasteiger partial charge in [-0.2, -0.15) is 15.0 Å². The van der Waals surface area contributed by atoms with Crippen molar-refractivity contribution in [2.75, 3.05) is 37.4 Å². The highest BCUT2D eigenvalue weighted by Gasteiger charge is 2.03. The molecule has 96 valence electrons. The first kappa shape index (κ1) is 13.9. The average Bonchev–Trinajstić information content (AvgIpc) is 2.28. The van der Waals surface area contributed by atoms with Gasteiger partial charge in [-0.3, -0.25) is 0 Å². The Morgan fingerprint density at radius 3 is 2.47 bits per heavy atom. The zero-order chi connectivity index (χ0) is 12.5. The van der Waals surface area contributed by atoms with Gasteiger partial charge in [-0.05, 0) is 31.4 Å². The van der Waals surface area contributed by atoms with Crippen LogP contribution in [0.2, 0.25) is 5.28 Å². The summed E-state index contributed by atoms with van der Waals surface area (Å²) < 4.78 is 4.96. The summed E-state index contributed by atoms with van der Waals surface area (Å²) >= 11 is 5.79. The van der Waals surface area contributed by atoms with Crippen LogP contribution in [0.5, 0.6) is 0 Å². The topological polar surface area (TPSA) is 72.0 Å². The van der Waals surface area contributed by atoms with Crippen molar-refractivity contribution in [2.24, 2.45) is 0 Å². The van der Waals surface area contributed by atoms with Crippen LogP contribution in [0.15, 0.2) is 0 Å². The molecular weight excluding hydrogens is 242 g/mol. The number of nitrogens with one attached hydrogen (secondary N) is 2. The first-order chi connectivity index (χ1) is 8.26. The van der Waals surface area contributed by atoms with E-state index in [9.17, 15) is 0 Å². The second-order valence-electron chi connectivity index (χ2n) is 3.41. The van der Waals surface area contributed by atoms with Crippen molar-refractivity contribution >= 4 is 23.5 Å². The first-order valence-corrected chi connectivity index (χ1v) is 6.02. The van der Waals surface area contributed by atoms with Crippen LogP contribution in [-0.2, 0) is 4.74 Å². The zero-order valence-corrected chi connectivity index (χ0v) is 10.9. The summed E-state index contributed by atoms with van der Waals surface area (Å²) in [6.45, 7) is 4.26. The van der Waals surface area contributed by atoms with Crippen LogP contribution < -0.4 is 10.6 Å². The Morgan fingerprint density at radius 1 is 1.12 bits per heavy atom. The molecule has 1 aromatic rings. The van der Waals surface area contributed by atoms with Gasteiger partial charge in [0.05, 0.1) is 0 Å². The highest BCUT2D eigenvalue weighted by atomic mass is 35.5. The molecule has 0 bridgehead atoms. The molecule has 0 radical (unpaired) electrons. The molecule has 1 heterocycles. The number of halogens is 1. The zero-order valence-electron chi connectivity index (χ0n) is 10.2. The highest BCUT2D eigenvalue weighted by Crippen LogP contribution is 2.09. The lowest BCUT2D eigenvalue weighted by Gasteiger charge is -2.07. The van der Waals surface area contributed by atoms with E-state index in [1.165, 1.54) is 0 Å². The van der Waals surface area contributed by atoms with Crippen molar-refractivity contribution in [1.29, 1.82) is 0 Å². The van der Waals surface area contributed by atoms with E-state index in [-0.39, 0.29) is 5.28 Å². The van der Waals surface area contributed by atoms with Gasteiger partial charge >= 0.3 is 0 Å². The Hall–Kier alpha value is -1.14. The lowest BCUT2D eigenvalue weighted by atomic mass is 10.3. The van der Waals surface area contributed by atoms with E-state index in [0.717, 1.165) is 32.5 Å². The SMILES string of the molecule is CCNc1nc(Cl)nc(NCCCCOC)n1. The van der Waals surface area contributed by atoms with E-state index < -0.39 is 0 Å². The Kier molecular flexibility index (Phi) is 6.57. The number of hydrogen-bond acceptors (Lipinski definition) is 6. The van der Waals surface area contributed by atoms with Crippen molar-refractivity contribution in [3.63, 3.8) is 0 Å². The van der Waals surface area contributed by atoms with E-state index in [4.69, 9.17) is 16.3 Å². The van der Waals surface area contributed by atoms with E-state index in [1.54, 1.807) is 7.11 Å².